The Morgan fingerprint density at radius 2 is 2.00 bits per heavy atom. The summed E-state index contributed by atoms with van der Waals surface area (Å²) in [4.78, 5) is 14.1. The minimum Gasteiger partial charge on any atom is -0.444 e. The average molecular weight is 310 g/mol. The average Bonchev–Trinajstić information content (AvgIpc) is 2.83. The van der Waals surface area contributed by atoms with Gasteiger partial charge >= 0.3 is 6.09 Å². The summed E-state index contributed by atoms with van der Waals surface area (Å²) in [5.74, 6) is 0. The highest BCUT2D eigenvalue weighted by atomic mass is 16.6. The quantitative estimate of drug-likeness (QED) is 0.877. The molecule has 0 aliphatic heterocycles. The maximum atomic E-state index is 12.4. The van der Waals surface area contributed by atoms with Crippen LogP contribution >= 0.6 is 0 Å². The maximum Gasteiger partial charge on any atom is 0.410 e. The fourth-order valence-electron chi connectivity index (χ4n) is 2.03. The van der Waals surface area contributed by atoms with E-state index < -0.39 is 5.60 Å². The Bertz CT molecular complexity index is 457. The van der Waals surface area contributed by atoms with Gasteiger partial charge in [0.05, 0.1) is 6.20 Å². The Labute approximate surface area is 133 Å². The first-order valence-electron chi connectivity index (χ1n) is 7.73. The van der Waals surface area contributed by atoms with E-state index in [-0.39, 0.29) is 17.7 Å². The largest absolute Gasteiger partial charge is 0.444 e. The number of amides is 1. The zero-order valence-electron chi connectivity index (χ0n) is 14.9. The van der Waals surface area contributed by atoms with Crippen LogP contribution in [0.3, 0.4) is 0 Å². The van der Waals surface area contributed by atoms with Gasteiger partial charge in [0.15, 0.2) is 0 Å². The van der Waals surface area contributed by atoms with Crippen LogP contribution < -0.4 is 5.32 Å². The summed E-state index contributed by atoms with van der Waals surface area (Å²) in [6, 6.07) is 0.180. The molecule has 6 nitrogen and oxygen atoms in total. The first kappa shape index (κ1) is 18.5. The topological polar surface area (TPSA) is 70.2 Å². The lowest BCUT2D eigenvalue weighted by Crippen LogP contribution is -2.50. The molecule has 0 bridgehead atoms. The molecule has 0 saturated heterocycles. The normalized spacial score (nSPS) is 13.8. The van der Waals surface area contributed by atoms with Crippen molar-refractivity contribution in [3.05, 3.63) is 18.0 Å². The van der Waals surface area contributed by atoms with Crippen molar-refractivity contribution in [3.63, 3.8) is 0 Å². The van der Waals surface area contributed by atoms with E-state index >= 15 is 0 Å². The van der Waals surface area contributed by atoms with E-state index in [1.165, 1.54) is 0 Å². The highest BCUT2D eigenvalue weighted by Crippen LogP contribution is 2.18. The van der Waals surface area contributed by atoms with Crippen LogP contribution in [0, 0.1) is 0 Å². The maximum absolute atomic E-state index is 12.4. The Morgan fingerprint density at radius 1 is 1.36 bits per heavy atom. The number of rotatable bonds is 5. The lowest BCUT2D eigenvalue weighted by atomic mass is 10.1. The van der Waals surface area contributed by atoms with Crippen LogP contribution in [0.5, 0.6) is 0 Å². The van der Waals surface area contributed by atoms with Crippen LogP contribution in [0.4, 0.5) is 4.79 Å². The summed E-state index contributed by atoms with van der Waals surface area (Å²) < 4.78 is 5.50. The molecule has 1 aromatic heterocycles. The standard InChI is InChI=1S/C16H30N4O2/c1-12(13-10-18-19-11-13)17-8-9-20(15(2,3)4)14(21)22-16(5,6)7/h10-12,17H,8-9H2,1-7H3,(H,18,19). The summed E-state index contributed by atoms with van der Waals surface area (Å²) in [5, 5.41) is 10.1. The third-order valence-corrected chi connectivity index (χ3v) is 3.23. The second-order valence-electron chi connectivity index (χ2n) is 7.51. The molecule has 0 fully saturated rings. The van der Waals surface area contributed by atoms with Gasteiger partial charge in [-0.25, -0.2) is 4.79 Å². The lowest BCUT2D eigenvalue weighted by molar-refractivity contribution is 0.00649. The van der Waals surface area contributed by atoms with Crippen molar-refractivity contribution in [2.45, 2.75) is 65.6 Å². The first-order chi connectivity index (χ1) is 10.0. The lowest BCUT2D eigenvalue weighted by Gasteiger charge is -2.37. The molecule has 0 radical (unpaired) electrons. The number of hydrogen-bond donors (Lipinski definition) is 2. The van der Waals surface area contributed by atoms with Crippen molar-refractivity contribution in [1.82, 2.24) is 20.4 Å². The third-order valence-electron chi connectivity index (χ3n) is 3.23. The van der Waals surface area contributed by atoms with Crippen LogP contribution in [0.2, 0.25) is 0 Å². The number of H-pyrrole nitrogens is 1. The van der Waals surface area contributed by atoms with Gasteiger partial charge in [-0.15, -0.1) is 0 Å². The smallest absolute Gasteiger partial charge is 0.410 e. The molecule has 0 saturated carbocycles. The van der Waals surface area contributed by atoms with Gasteiger partial charge in [0.1, 0.15) is 5.60 Å². The Hall–Kier alpha value is -1.56. The van der Waals surface area contributed by atoms with Crippen LogP contribution in [-0.2, 0) is 4.74 Å². The predicted molar refractivity (Wildman–Crippen MR) is 87.7 cm³/mol. The highest BCUT2D eigenvalue weighted by molar-refractivity contribution is 5.69. The molecule has 22 heavy (non-hydrogen) atoms. The number of hydrogen-bond acceptors (Lipinski definition) is 4. The fourth-order valence-corrected chi connectivity index (χ4v) is 2.03. The predicted octanol–water partition coefficient (Wildman–Crippen LogP) is 3.10. The summed E-state index contributed by atoms with van der Waals surface area (Å²) in [6.45, 7) is 15.0. The van der Waals surface area contributed by atoms with Crippen molar-refractivity contribution in [2.75, 3.05) is 13.1 Å². The molecule has 0 spiro atoms. The number of carbonyl (C=O) groups is 1. The fraction of sp³-hybridized carbons (Fsp3) is 0.750. The molecule has 0 aliphatic rings. The zero-order chi connectivity index (χ0) is 17.0. The summed E-state index contributed by atoms with van der Waals surface area (Å²) in [5.41, 5.74) is 0.320. The van der Waals surface area contributed by atoms with E-state index in [0.717, 1.165) is 5.56 Å². The number of carbonyl (C=O) groups excluding carboxylic acids is 1. The van der Waals surface area contributed by atoms with Crippen LogP contribution in [-0.4, -0.2) is 45.4 Å². The second kappa shape index (κ2) is 7.13. The molecular formula is C16H30N4O2. The summed E-state index contributed by atoms with van der Waals surface area (Å²) in [6.07, 6.45) is 3.39. The van der Waals surface area contributed by atoms with Gasteiger partial charge in [-0.1, -0.05) is 0 Å². The number of aromatic amines is 1. The van der Waals surface area contributed by atoms with E-state index in [9.17, 15) is 4.79 Å². The minimum absolute atomic E-state index is 0.180. The number of nitrogens with one attached hydrogen (secondary N) is 2. The second-order valence-corrected chi connectivity index (χ2v) is 7.51. The molecule has 1 amide bonds. The van der Waals surface area contributed by atoms with Crippen LogP contribution in [0.1, 0.15) is 60.1 Å². The monoisotopic (exact) mass is 310 g/mol. The number of nitrogens with zero attached hydrogens (tertiary/aromatic N) is 2. The van der Waals surface area contributed by atoms with Crippen LogP contribution in [0.15, 0.2) is 12.4 Å². The summed E-state index contributed by atoms with van der Waals surface area (Å²) in [7, 11) is 0. The molecule has 1 unspecified atom stereocenters. The molecule has 126 valence electrons. The highest BCUT2D eigenvalue weighted by Gasteiger charge is 2.30. The van der Waals surface area contributed by atoms with Crippen molar-refractivity contribution in [1.29, 1.82) is 0 Å². The molecule has 1 atom stereocenters. The Kier molecular flexibility index (Phi) is 6.00. The Balaban J connectivity index is 2.57. The molecular weight excluding hydrogens is 280 g/mol. The third kappa shape index (κ3) is 6.05. The SMILES string of the molecule is CC(NCCN(C(=O)OC(C)(C)C)C(C)(C)C)c1cn[nH]c1. The van der Waals surface area contributed by atoms with Gasteiger partial charge in [-0.05, 0) is 48.5 Å². The van der Waals surface area contributed by atoms with E-state index in [1.54, 1.807) is 11.1 Å². The van der Waals surface area contributed by atoms with E-state index in [4.69, 9.17) is 4.74 Å². The molecule has 1 rings (SSSR count). The van der Waals surface area contributed by atoms with Crippen molar-refractivity contribution in [2.24, 2.45) is 0 Å². The van der Waals surface area contributed by atoms with Gasteiger partial charge in [-0.2, -0.15) is 5.10 Å². The molecule has 1 aromatic rings. The van der Waals surface area contributed by atoms with Crippen molar-refractivity contribution in [3.8, 4) is 0 Å². The first-order valence-corrected chi connectivity index (χ1v) is 7.73. The summed E-state index contributed by atoms with van der Waals surface area (Å²) >= 11 is 0. The van der Waals surface area contributed by atoms with Gasteiger partial charge in [0.2, 0.25) is 0 Å². The van der Waals surface area contributed by atoms with Gasteiger partial charge in [-0.3, -0.25) is 5.10 Å². The van der Waals surface area contributed by atoms with E-state index in [2.05, 4.69) is 22.4 Å². The molecule has 6 heteroatoms. The number of aromatic nitrogens is 2. The molecule has 2 N–H and O–H groups in total. The number of ether oxygens (including phenoxy) is 1. The van der Waals surface area contributed by atoms with Gasteiger partial charge in [0.25, 0.3) is 0 Å². The van der Waals surface area contributed by atoms with E-state index in [1.807, 2.05) is 47.7 Å². The van der Waals surface area contributed by atoms with Crippen molar-refractivity contribution < 1.29 is 9.53 Å². The molecule has 0 aromatic carbocycles. The zero-order valence-corrected chi connectivity index (χ0v) is 14.9. The van der Waals surface area contributed by atoms with Gasteiger partial charge < -0.3 is 15.0 Å². The molecule has 1 heterocycles. The Morgan fingerprint density at radius 3 is 2.45 bits per heavy atom. The van der Waals surface area contributed by atoms with Crippen molar-refractivity contribution >= 4 is 6.09 Å². The minimum atomic E-state index is -0.488. The van der Waals surface area contributed by atoms with Gasteiger partial charge in [0, 0.05) is 36.4 Å². The van der Waals surface area contributed by atoms with Crippen LogP contribution in [0.25, 0.3) is 0 Å². The molecule has 0 aliphatic carbocycles. The van der Waals surface area contributed by atoms with E-state index in [0.29, 0.717) is 13.1 Å².